The van der Waals surface area contributed by atoms with Gasteiger partial charge < -0.3 is 19.7 Å². The lowest BCUT2D eigenvalue weighted by molar-refractivity contribution is -0.140. The van der Waals surface area contributed by atoms with Crippen LogP contribution in [0, 0.1) is 19.7 Å². The van der Waals surface area contributed by atoms with Gasteiger partial charge >= 0.3 is 0 Å². The molecule has 38 heavy (non-hydrogen) atoms. The predicted octanol–water partition coefficient (Wildman–Crippen LogP) is 6.33. The van der Waals surface area contributed by atoms with Crippen molar-refractivity contribution >= 4 is 28.4 Å². The van der Waals surface area contributed by atoms with Crippen LogP contribution >= 0.6 is 0 Å². The summed E-state index contributed by atoms with van der Waals surface area (Å²) in [6, 6.07) is 17.8. The Hall–Kier alpha value is -4.39. The number of H-pyrrole nitrogens is 1. The number of hydrogen-bond acceptors (Lipinski definition) is 4. The number of para-hydroxylation sites is 1. The van der Waals surface area contributed by atoms with Crippen molar-refractivity contribution < 1.29 is 23.8 Å². The van der Waals surface area contributed by atoms with E-state index < -0.39 is 17.7 Å². The topological polar surface area (TPSA) is 82.6 Å². The molecule has 6 nitrogen and oxygen atoms in total. The van der Waals surface area contributed by atoms with E-state index in [1.807, 2.05) is 52.0 Å². The van der Waals surface area contributed by atoms with Gasteiger partial charge in [-0.2, -0.15) is 0 Å². The maximum atomic E-state index is 13.6. The second kappa shape index (κ2) is 9.82. The van der Waals surface area contributed by atoms with Crippen molar-refractivity contribution in [1.29, 1.82) is 0 Å². The number of ether oxygens (including phenoxy) is 1. The van der Waals surface area contributed by atoms with Crippen molar-refractivity contribution in [3.8, 4) is 5.75 Å². The minimum absolute atomic E-state index is 0.0156. The lowest BCUT2D eigenvalue weighted by Gasteiger charge is -2.26. The minimum atomic E-state index is -0.844. The second-order valence-electron chi connectivity index (χ2n) is 9.91. The number of amides is 1. The molecule has 0 radical (unpaired) electrons. The van der Waals surface area contributed by atoms with Crippen LogP contribution in [0.5, 0.6) is 5.75 Å². The molecule has 3 aromatic carbocycles. The summed E-state index contributed by atoms with van der Waals surface area (Å²) < 4.78 is 19.4. The van der Waals surface area contributed by atoms with Crippen LogP contribution in [0.25, 0.3) is 16.7 Å². The Morgan fingerprint density at radius 3 is 2.45 bits per heavy atom. The van der Waals surface area contributed by atoms with E-state index in [0.717, 1.165) is 27.7 Å². The van der Waals surface area contributed by atoms with Crippen molar-refractivity contribution in [3.63, 3.8) is 0 Å². The number of aliphatic hydroxyl groups is 1. The fraction of sp³-hybridized carbons (Fsp3) is 0.226. The number of carbonyl (C=O) groups is 2. The van der Waals surface area contributed by atoms with Crippen LogP contribution in [0.3, 0.4) is 0 Å². The number of hydrogen-bond donors (Lipinski definition) is 2. The maximum Gasteiger partial charge on any atom is 0.295 e. The molecule has 1 saturated heterocycles. The van der Waals surface area contributed by atoms with E-state index in [9.17, 15) is 19.1 Å². The van der Waals surface area contributed by atoms with Crippen molar-refractivity contribution in [3.05, 3.63) is 106 Å². The smallest absolute Gasteiger partial charge is 0.295 e. The summed E-state index contributed by atoms with van der Waals surface area (Å²) in [5.41, 5.74) is 4.27. The van der Waals surface area contributed by atoms with E-state index in [4.69, 9.17) is 4.74 Å². The van der Waals surface area contributed by atoms with Crippen LogP contribution in [0.1, 0.15) is 47.8 Å². The number of aromatic amines is 1. The van der Waals surface area contributed by atoms with Gasteiger partial charge in [0.25, 0.3) is 11.7 Å². The Bertz CT molecular complexity index is 1580. The minimum Gasteiger partial charge on any atom is -0.507 e. The van der Waals surface area contributed by atoms with Crippen LogP contribution < -0.4 is 4.74 Å². The molecule has 5 rings (SSSR count). The molecule has 194 valence electrons. The molecule has 0 bridgehead atoms. The molecule has 0 spiro atoms. The number of aryl methyl sites for hydroxylation is 2. The van der Waals surface area contributed by atoms with Gasteiger partial charge in [0.1, 0.15) is 17.3 Å². The van der Waals surface area contributed by atoms with E-state index in [2.05, 4.69) is 4.98 Å². The summed E-state index contributed by atoms with van der Waals surface area (Å²) >= 11 is 0. The average molecular weight is 513 g/mol. The number of benzene rings is 3. The molecule has 1 fully saturated rings. The van der Waals surface area contributed by atoms with Crippen LogP contribution in [-0.2, 0) is 16.1 Å². The average Bonchev–Trinajstić information content (AvgIpc) is 3.33. The van der Waals surface area contributed by atoms with Gasteiger partial charge in [-0.1, -0.05) is 30.3 Å². The van der Waals surface area contributed by atoms with Crippen molar-refractivity contribution in [2.24, 2.45) is 0 Å². The third-order valence-corrected chi connectivity index (χ3v) is 6.83. The normalized spacial score (nSPS) is 17.1. The van der Waals surface area contributed by atoms with Crippen LogP contribution in [-0.4, -0.2) is 32.8 Å². The molecule has 1 aliphatic rings. The third-order valence-electron chi connectivity index (χ3n) is 6.83. The predicted molar refractivity (Wildman–Crippen MR) is 144 cm³/mol. The molecule has 0 saturated carbocycles. The molecule has 2 N–H and O–H groups in total. The Morgan fingerprint density at radius 1 is 1.05 bits per heavy atom. The first kappa shape index (κ1) is 25.3. The Kier molecular flexibility index (Phi) is 6.53. The van der Waals surface area contributed by atoms with Gasteiger partial charge in [-0.05, 0) is 75.2 Å². The molecule has 4 aromatic rings. The highest BCUT2D eigenvalue weighted by Gasteiger charge is 2.47. The molecule has 1 unspecified atom stereocenters. The highest BCUT2D eigenvalue weighted by molar-refractivity contribution is 6.46. The largest absolute Gasteiger partial charge is 0.507 e. The molecule has 1 atom stereocenters. The molecule has 0 aliphatic carbocycles. The van der Waals surface area contributed by atoms with E-state index in [0.29, 0.717) is 16.9 Å². The Balaban J connectivity index is 1.69. The zero-order chi connectivity index (χ0) is 27.1. The number of aromatic nitrogens is 1. The van der Waals surface area contributed by atoms with E-state index in [1.165, 1.54) is 17.0 Å². The summed E-state index contributed by atoms with van der Waals surface area (Å²) in [6.45, 7) is 7.68. The number of ketones is 1. The lowest BCUT2D eigenvalue weighted by atomic mass is 9.93. The summed E-state index contributed by atoms with van der Waals surface area (Å²) in [5.74, 6) is -1.45. The van der Waals surface area contributed by atoms with E-state index in [-0.39, 0.29) is 29.8 Å². The number of carbonyl (C=O) groups excluding carboxylic acids is 2. The molecule has 1 aliphatic heterocycles. The highest BCUT2D eigenvalue weighted by atomic mass is 19.1. The molecule has 2 heterocycles. The van der Waals surface area contributed by atoms with Gasteiger partial charge in [0.15, 0.2) is 0 Å². The number of nitrogens with one attached hydrogen (secondary N) is 1. The number of rotatable bonds is 6. The monoisotopic (exact) mass is 512 g/mol. The summed E-state index contributed by atoms with van der Waals surface area (Å²) in [6.07, 6.45) is -0.0187. The number of aliphatic hydroxyl groups excluding tert-OH is 1. The summed E-state index contributed by atoms with van der Waals surface area (Å²) in [4.78, 5) is 31.8. The van der Waals surface area contributed by atoms with Gasteiger partial charge in [-0.15, -0.1) is 0 Å². The molecule has 7 heteroatoms. The van der Waals surface area contributed by atoms with Crippen LogP contribution in [0.2, 0.25) is 0 Å². The van der Waals surface area contributed by atoms with Crippen molar-refractivity contribution in [1.82, 2.24) is 9.88 Å². The molecule has 1 aromatic heterocycles. The van der Waals surface area contributed by atoms with E-state index >= 15 is 0 Å². The van der Waals surface area contributed by atoms with Gasteiger partial charge in [0, 0.05) is 34.3 Å². The highest BCUT2D eigenvalue weighted by Crippen LogP contribution is 2.44. The lowest BCUT2D eigenvalue weighted by Crippen LogP contribution is -2.29. The second-order valence-corrected chi connectivity index (χ2v) is 9.91. The maximum absolute atomic E-state index is 13.6. The Labute approximate surface area is 220 Å². The number of nitrogens with zero attached hydrogens (tertiary/aromatic N) is 1. The van der Waals surface area contributed by atoms with Gasteiger partial charge in [0.05, 0.1) is 17.7 Å². The summed E-state index contributed by atoms with van der Waals surface area (Å²) in [7, 11) is 0. The van der Waals surface area contributed by atoms with Crippen LogP contribution in [0.4, 0.5) is 4.39 Å². The van der Waals surface area contributed by atoms with Gasteiger partial charge in [-0.25, -0.2) is 4.39 Å². The first-order chi connectivity index (χ1) is 18.2. The molecular weight excluding hydrogens is 483 g/mol. The Morgan fingerprint density at radius 2 is 1.76 bits per heavy atom. The zero-order valence-corrected chi connectivity index (χ0v) is 21.7. The third kappa shape index (κ3) is 4.45. The van der Waals surface area contributed by atoms with Crippen molar-refractivity contribution in [2.75, 3.05) is 0 Å². The van der Waals surface area contributed by atoms with Crippen molar-refractivity contribution in [2.45, 2.75) is 46.4 Å². The number of Topliss-reactive ketones (excluding diaryl/α,β-unsaturated/α-hetero) is 1. The fourth-order valence-corrected chi connectivity index (χ4v) is 5.12. The standard InChI is InChI=1S/C31H29FN2O4/c1-17(2)38-25-14-11-21(15-18(25)3)29(35)27-28(26-19(4)33-24-8-6-5-7-23(24)26)34(31(37)30(27)36)16-20-9-12-22(32)13-10-20/h5-15,17,28,33,35H,16H2,1-4H3/b29-27+. The quantitative estimate of drug-likeness (QED) is 0.180. The fourth-order valence-electron chi connectivity index (χ4n) is 5.12. The first-order valence-electron chi connectivity index (χ1n) is 12.5. The zero-order valence-electron chi connectivity index (χ0n) is 21.7. The molecule has 1 amide bonds. The number of halogens is 1. The molecular formula is C31H29FN2O4. The first-order valence-corrected chi connectivity index (χ1v) is 12.5. The summed E-state index contributed by atoms with van der Waals surface area (Å²) in [5, 5.41) is 12.4. The number of likely N-dealkylation sites (tertiary alicyclic amines) is 1. The number of fused-ring (bicyclic) bond motifs is 1. The van der Waals surface area contributed by atoms with Gasteiger partial charge in [0.2, 0.25) is 0 Å². The van der Waals surface area contributed by atoms with E-state index in [1.54, 1.807) is 30.3 Å². The van der Waals surface area contributed by atoms with Crippen LogP contribution in [0.15, 0.2) is 72.3 Å². The van der Waals surface area contributed by atoms with Gasteiger partial charge in [-0.3, -0.25) is 9.59 Å². The SMILES string of the molecule is Cc1cc(/C(O)=C2\C(=O)C(=O)N(Cc3ccc(F)cc3)C2c2c(C)[nH]c3ccccc23)ccc1OC(C)C.